The third kappa shape index (κ3) is 2.38. The fourth-order valence-electron chi connectivity index (χ4n) is 3.17. The highest BCUT2D eigenvalue weighted by molar-refractivity contribution is 7.10. The Morgan fingerprint density at radius 1 is 1.40 bits per heavy atom. The number of nitrogens with two attached hydrogens (primary N) is 1. The molecule has 2 aliphatic heterocycles. The fourth-order valence-corrected chi connectivity index (χ4v) is 4.02. The zero-order valence-corrected chi connectivity index (χ0v) is 14.5. The van der Waals surface area contributed by atoms with Crippen LogP contribution in [-0.4, -0.2) is 43.4 Å². The standard InChI is InChI=1S/C16H15BN4O3S/c1-16(14-19-11(17)6-25-14)12(13(22)21(2)15(18)20-16)8-3-4-9-10(5-8)24-7-23-9/h3-6,12H,7H2,1-2H3,(H2,18,20)/t12-,16+/m1/s1. The van der Waals surface area contributed by atoms with Crippen LogP contribution in [-0.2, 0) is 10.3 Å². The van der Waals surface area contributed by atoms with E-state index in [2.05, 4.69) is 9.98 Å². The predicted molar refractivity (Wildman–Crippen MR) is 94.6 cm³/mol. The third-order valence-electron chi connectivity index (χ3n) is 4.51. The van der Waals surface area contributed by atoms with Crippen LogP contribution in [0.4, 0.5) is 0 Å². The van der Waals surface area contributed by atoms with E-state index < -0.39 is 11.5 Å². The first-order chi connectivity index (χ1) is 11.9. The van der Waals surface area contributed by atoms with Crippen LogP contribution in [0.2, 0.25) is 0 Å². The summed E-state index contributed by atoms with van der Waals surface area (Å²) in [6.45, 7) is 2.01. The molecule has 0 saturated carbocycles. The maximum absolute atomic E-state index is 13.1. The van der Waals surface area contributed by atoms with Crippen LogP contribution in [0.3, 0.4) is 0 Å². The van der Waals surface area contributed by atoms with Gasteiger partial charge in [-0.1, -0.05) is 6.07 Å². The largest absolute Gasteiger partial charge is 0.454 e. The van der Waals surface area contributed by atoms with E-state index in [4.69, 9.17) is 23.1 Å². The molecule has 3 heterocycles. The Morgan fingerprint density at radius 3 is 2.88 bits per heavy atom. The SMILES string of the molecule is [B]c1csc([C@@]2(C)N=C(N)N(C)C(=O)[C@H]2c2ccc3c(c2)OCO3)n1. The lowest BCUT2D eigenvalue weighted by atomic mass is 9.79. The molecule has 2 N–H and O–H groups in total. The molecule has 9 heteroatoms. The zero-order chi connectivity index (χ0) is 17.8. The highest BCUT2D eigenvalue weighted by Gasteiger charge is 2.49. The fraction of sp³-hybridized carbons (Fsp3) is 0.312. The summed E-state index contributed by atoms with van der Waals surface area (Å²) in [4.78, 5) is 23.4. The highest BCUT2D eigenvalue weighted by atomic mass is 32.1. The first kappa shape index (κ1) is 16.0. The van der Waals surface area contributed by atoms with Crippen LogP contribution < -0.4 is 20.8 Å². The van der Waals surface area contributed by atoms with E-state index in [1.165, 1.54) is 16.2 Å². The summed E-state index contributed by atoms with van der Waals surface area (Å²) in [7, 11) is 7.39. The molecule has 0 fully saturated rings. The molecule has 0 aliphatic carbocycles. The molecule has 0 spiro atoms. The molecule has 1 aromatic heterocycles. The van der Waals surface area contributed by atoms with Crippen LogP contribution in [0.5, 0.6) is 11.5 Å². The lowest BCUT2D eigenvalue weighted by Crippen LogP contribution is -2.52. The minimum Gasteiger partial charge on any atom is -0.454 e. The first-order valence-corrected chi connectivity index (χ1v) is 8.52. The van der Waals surface area contributed by atoms with Crippen molar-refractivity contribution in [1.29, 1.82) is 0 Å². The molecule has 0 saturated heterocycles. The Kier molecular flexibility index (Phi) is 3.50. The second-order valence-corrected chi connectivity index (χ2v) is 7.00. The number of rotatable bonds is 2. The van der Waals surface area contributed by atoms with E-state index in [0.717, 1.165) is 5.56 Å². The Hall–Kier alpha value is -2.55. The molecule has 2 radical (unpaired) electrons. The second-order valence-electron chi connectivity index (χ2n) is 6.14. The molecule has 7 nitrogen and oxygen atoms in total. The minimum absolute atomic E-state index is 0.151. The maximum Gasteiger partial charge on any atom is 0.239 e. The van der Waals surface area contributed by atoms with Gasteiger partial charge in [-0.15, -0.1) is 11.3 Å². The van der Waals surface area contributed by atoms with E-state index in [-0.39, 0.29) is 18.7 Å². The lowest BCUT2D eigenvalue weighted by Gasteiger charge is -2.39. The van der Waals surface area contributed by atoms with Crippen molar-refractivity contribution >= 4 is 36.6 Å². The summed E-state index contributed by atoms with van der Waals surface area (Å²) in [5.74, 6) is 0.644. The number of hydrogen-bond acceptors (Lipinski definition) is 7. The minimum atomic E-state index is -0.955. The third-order valence-corrected chi connectivity index (χ3v) is 5.60. The zero-order valence-electron chi connectivity index (χ0n) is 13.7. The van der Waals surface area contributed by atoms with Crippen LogP contribution in [0, 0.1) is 0 Å². The van der Waals surface area contributed by atoms with Crippen molar-refractivity contribution in [2.45, 2.75) is 18.4 Å². The number of likely N-dealkylation sites (N-methyl/N-ethyl adjacent to an activating group) is 1. The molecule has 4 rings (SSSR count). The van der Waals surface area contributed by atoms with Crippen molar-refractivity contribution < 1.29 is 14.3 Å². The molecule has 2 atom stereocenters. The molecule has 25 heavy (non-hydrogen) atoms. The smallest absolute Gasteiger partial charge is 0.239 e. The van der Waals surface area contributed by atoms with Crippen molar-refractivity contribution in [3.05, 3.63) is 34.2 Å². The van der Waals surface area contributed by atoms with Crippen molar-refractivity contribution in [3.63, 3.8) is 0 Å². The first-order valence-electron chi connectivity index (χ1n) is 7.64. The Morgan fingerprint density at radius 2 is 2.16 bits per heavy atom. The number of aromatic nitrogens is 1. The number of amides is 1. The maximum atomic E-state index is 13.1. The number of benzene rings is 1. The van der Waals surface area contributed by atoms with Gasteiger partial charge in [0.2, 0.25) is 12.7 Å². The molecule has 126 valence electrons. The number of ether oxygens (including phenoxy) is 2. The quantitative estimate of drug-likeness (QED) is 0.791. The second kappa shape index (κ2) is 5.49. The van der Waals surface area contributed by atoms with E-state index in [0.29, 0.717) is 22.1 Å². The van der Waals surface area contributed by atoms with E-state index in [1.807, 2.05) is 19.1 Å². The van der Waals surface area contributed by atoms with Gasteiger partial charge >= 0.3 is 0 Å². The van der Waals surface area contributed by atoms with Gasteiger partial charge in [-0.2, -0.15) is 0 Å². The van der Waals surface area contributed by atoms with Gasteiger partial charge in [-0.05, 0) is 30.2 Å². The summed E-state index contributed by atoms with van der Waals surface area (Å²) < 4.78 is 10.8. The monoisotopic (exact) mass is 354 g/mol. The number of fused-ring (bicyclic) bond motifs is 1. The molecule has 2 aliphatic rings. The van der Waals surface area contributed by atoms with Gasteiger partial charge in [-0.25, -0.2) is 4.99 Å². The van der Waals surface area contributed by atoms with Crippen LogP contribution in [0.25, 0.3) is 0 Å². The normalized spacial score (nSPS) is 25.2. The number of carbonyl (C=O) groups is 1. The number of carbonyl (C=O) groups excluding carboxylic acids is 1. The van der Waals surface area contributed by atoms with E-state index in [9.17, 15) is 4.79 Å². The summed E-state index contributed by atoms with van der Waals surface area (Å²) >= 11 is 1.36. The molecular formula is C16H15BN4O3S. The van der Waals surface area contributed by atoms with Gasteiger partial charge < -0.3 is 15.2 Å². The van der Waals surface area contributed by atoms with Crippen LogP contribution in [0.1, 0.15) is 23.4 Å². The summed E-state index contributed by atoms with van der Waals surface area (Å²) in [6.07, 6.45) is 0. The van der Waals surface area contributed by atoms with Crippen molar-refractivity contribution in [2.75, 3.05) is 13.8 Å². The van der Waals surface area contributed by atoms with E-state index in [1.54, 1.807) is 18.5 Å². The molecule has 0 bridgehead atoms. The molecule has 1 amide bonds. The Bertz CT molecular complexity index is 899. The molecule has 2 aromatic rings. The van der Waals surface area contributed by atoms with Crippen molar-refractivity contribution in [1.82, 2.24) is 9.88 Å². The van der Waals surface area contributed by atoms with Crippen molar-refractivity contribution in [2.24, 2.45) is 10.7 Å². The van der Waals surface area contributed by atoms with Gasteiger partial charge in [-0.3, -0.25) is 14.7 Å². The number of hydrogen-bond donors (Lipinski definition) is 1. The van der Waals surface area contributed by atoms with Gasteiger partial charge in [0.1, 0.15) is 18.4 Å². The molecular weight excluding hydrogens is 339 g/mol. The summed E-state index contributed by atoms with van der Waals surface area (Å²) in [5, 5.41) is 2.36. The highest BCUT2D eigenvalue weighted by Crippen LogP contribution is 2.46. The Labute approximate surface area is 149 Å². The van der Waals surface area contributed by atoms with Crippen LogP contribution >= 0.6 is 11.3 Å². The average Bonchev–Trinajstić information content (AvgIpc) is 3.21. The van der Waals surface area contributed by atoms with Crippen LogP contribution in [0.15, 0.2) is 28.6 Å². The summed E-state index contributed by atoms with van der Waals surface area (Å²) in [5.41, 5.74) is 6.17. The summed E-state index contributed by atoms with van der Waals surface area (Å²) in [6, 6.07) is 5.45. The number of guanidine groups is 1. The predicted octanol–water partition coefficient (Wildman–Crippen LogP) is 0.451. The number of aliphatic imine (C=N–C) groups is 1. The van der Waals surface area contributed by atoms with Gasteiger partial charge in [0.25, 0.3) is 0 Å². The van der Waals surface area contributed by atoms with Gasteiger partial charge in [0, 0.05) is 12.4 Å². The lowest BCUT2D eigenvalue weighted by molar-refractivity contribution is -0.130. The van der Waals surface area contributed by atoms with Gasteiger partial charge in [0.05, 0.1) is 5.92 Å². The van der Waals surface area contributed by atoms with E-state index >= 15 is 0 Å². The number of nitrogens with zero attached hydrogens (tertiary/aromatic N) is 3. The van der Waals surface area contributed by atoms with Gasteiger partial charge in [0.15, 0.2) is 17.5 Å². The Balaban J connectivity index is 1.89. The molecule has 0 unspecified atom stereocenters. The number of thiazole rings is 1. The van der Waals surface area contributed by atoms with Crippen molar-refractivity contribution in [3.8, 4) is 11.5 Å². The topological polar surface area (TPSA) is 90.0 Å². The average molecular weight is 354 g/mol. The molecule has 1 aromatic carbocycles.